The van der Waals surface area contributed by atoms with E-state index in [1.807, 2.05) is 0 Å². The molecule has 0 N–H and O–H groups in total. The van der Waals surface area contributed by atoms with Gasteiger partial charge in [0.2, 0.25) is 0 Å². The lowest BCUT2D eigenvalue weighted by molar-refractivity contribution is 0.538. The first kappa shape index (κ1) is 36.0. The molecular weight excluding hydrogens is 479 g/mol. The highest BCUT2D eigenvalue weighted by atomic mass is 32.9. The third-order valence-corrected chi connectivity index (χ3v) is 12.0. The minimum atomic E-state index is -1.33. The minimum absolute atomic E-state index is 1.24. The molecule has 0 atom stereocenters. The molecule has 35 heavy (non-hydrogen) atoms. The van der Waals surface area contributed by atoms with Gasteiger partial charge in [0.15, 0.2) is 0 Å². The van der Waals surface area contributed by atoms with Gasteiger partial charge in [0, 0.05) is 5.24 Å². The van der Waals surface area contributed by atoms with E-state index in [0.717, 1.165) is 0 Å². The fourth-order valence-electron chi connectivity index (χ4n) is 5.22. The van der Waals surface area contributed by atoms with Gasteiger partial charge in [-0.3, -0.25) is 0 Å². The fraction of sp³-hybridized carbons (Fsp3) is 1.00. The van der Waals surface area contributed by atoms with Crippen molar-refractivity contribution in [2.24, 2.45) is 0 Å². The Kier molecular flexibility index (Phi) is 30.4. The minimum Gasteiger partial charge on any atom is -0.141 e. The SMILES string of the molecule is CCCCCCCCCCCCCCCCP(=S)(S)CCCCCCCCCCCCCCCC. The van der Waals surface area contributed by atoms with Gasteiger partial charge in [0.1, 0.15) is 0 Å². The third kappa shape index (κ3) is 31.1. The van der Waals surface area contributed by atoms with Crippen molar-refractivity contribution in [1.29, 1.82) is 0 Å². The molecule has 0 aromatic heterocycles. The van der Waals surface area contributed by atoms with Gasteiger partial charge in [-0.25, -0.2) is 0 Å². The van der Waals surface area contributed by atoms with E-state index in [9.17, 15) is 0 Å². The fourth-order valence-corrected chi connectivity index (χ4v) is 8.50. The second-order valence-corrected chi connectivity index (χ2v) is 19.3. The number of hydrogen-bond donors (Lipinski definition) is 1. The van der Waals surface area contributed by atoms with Crippen molar-refractivity contribution in [3.8, 4) is 0 Å². The van der Waals surface area contributed by atoms with Crippen molar-refractivity contribution < 1.29 is 0 Å². The van der Waals surface area contributed by atoms with Crippen LogP contribution in [0.15, 0.2) is 0 Å². The maximum absolute atomic E-state index is 5.91. The van der Waals surface area contributed by atoms with E-state index in [-0.39, 0.29) is 0 Å². The Morgan fingerprint density at radius 3 is 0.714 bits per heavy atom. The van der Waals surface area contributed by atoms with Gasteiger partial charge >= 0.3 is 0 Å². The van der Waals surface area contributed by atoms with E-state index in [1.165, 1.54) is 192 Å². The first-order valence-electron chi connectivity index (χ1n) is 16.4. The smallest absolute Gasteiger partial charge is 0.00343 e. The van der Waals surface area contributed by atoms with E-state index in [4.69, 9.17) is 24.1 Å². The molecule has 3 heteroatoms. The van der Waals surface area contributed by atoms with Crippen LogP contribution in [0, 0.1) is 0 Å². The van der Waals surface area contributed by atoms with Crippen LogP contribution in [0.3, 0.4) is 0 Å². The Labute approximate surface area is 234 Å². The van der Waals surface area contributed by atoms with Gasteiger partial charge in [-0.15, -0.1) is 12.2 Å². The summed E-state index contributed by atoms with van der Waals surface area (Å²) in [4.78, 5) is 0. The van der Waals surface area contributed by atoms with Gasteiger partial charge in [0.25, 0.3) is 0 Å². The van der Waals surface area contributed by atoms with Crippen LogP contribution in [0.4, 0.5) is 0 Å². The maximum Gasteiger partial charge on any atom is 0.00343 e. The molecule has 0 bridgehead atoms. The predicted octanol–water partition coefficient (Wildman–Crippen LogP) is 13.3. The molecule has 0 spiro atoms. The molecule has 0 aliphatic heterocycles. The molecule has 0 heterocycles. The van der Waals surface area contributed by atoms with Crippen LogP contribution in [0.1, 0.15) is 194 Å². The molecule has 0 amide bonds. The lowest BCUT2D eigenvalue weighted by Crippen LogP contribution is -1.92. The second-order valence-electron chi connectivity index (χ2n) is 11.5. The average Bonchev–Trinajstić information content (AvgIpc) is 2.84. The Morgan fingerprint density at radius 1 is 0.343 bits per heavy atom. The first-order valence-corrected chi connectivity index (χ1v) is 20.8. The molecule has 0 unspecified atom stereocenters. The summed E-state index contributed by atoms with van der Waals surface area (Å²) in [5.74, 6) is 0. The summed E-state index contributed by atoms with van der Waals surface area (Å²) in [5.41, 5.74) is 0. The molecular formula is C32H67PS2. The van der Waals surface area contributed by atoms with Crippen LogP contribution in [0.25, 0.3) is 0 Å². The number of thiol groups is 1. The number of hydrogen-bond acceptors (Lipinski definition) is 1. The summed E-state index contributed by atoms with van der Waals surface area (Å²) in [5, 5.41) is -1.33. The van der Waals surface area contributed by atoms with E-state index in [2.05, 4.69) is 13.8 Å². The summed E-state index contributed by atoms with van der Waals surface area (Å²) >= 11 is 10.9. The molecule has 0 fully saturated rings. The average molecular weight is 547 g/mol. The van der Waals surface area contributed by atoms with Crippen LogP contribution in [-0.4, -0.2) is 12.3 Å². The zero-order chi connectivity index (χ0) is 25.7. The normalized spacial score (nSPS) is 12.0. The number of rotatable bonds is 30. The zero-order valence-corrected chi connectivity index (χ0v) is 27.1. The number of unbranched alkanes of at least 4 members (excludes halogenated alkanes) is 26. The molecule has 212 valence electrons. The third-order valence-electron chi connectivity index (χ3n) is 7.72. The van der Waals surface area contributed by atoms with E-state index in [1.54, 1.807) is 0 Å². The van der Waals surface area contributed by atoms with Crippen molar-refractivity contribution >= 4 is 29.3 Å². The van der Waals surface area contributed by atoms with Crippen molar-refractivity contribution in [1.82, 2.24) is 0 Å². The molecule has 0 aliphatic carbocycles. The van der Waals surface area contributed by atoms with Crippen LogP contribution >= 0.6 is 17.5 Å². The van der Waals surface area contributed by atoms with Crippen molar-refractivity contribution in [3.05, 3.63) is 0 Å². The summed E-state index contributed by atoms with van der Waals surface area (Å²) in [6.45, 7) is 4.60. The predicted molar refractivity (Wildman–Crippen MR) is 174 cm³/mol. The molecule has 0 saturated heterocycles. The highest BCUT2D eigenvalue weighted by Gasteiger charge is 2.10. The first-order chi connectivity index (χ1) is 17.1. The van der Waals surface area contributed by atoms with Crippen LogP contribution in [0.2, 0.25) is 0 Å². The van der Waals surface area contributed by atoms with Gasteiger partial charge in [-0.1, -0.05) is 193 Å². The molecule has 0 rings (SSSR count). The molecule has 0 aliphatic rings. The maximum atomic E-state index is 5.91. The lowest BCUT2D eigenvalue weighted by atomic mass is 10.0. The Hall–Kier alpha value is 1.00. The Balaban J connectivity index is 3.28. The Morgan fingerprint density at radius 2 is 0.514 bits per heavy atom. The summed E-state index contributed by atoms with van der Waals surface area (Å²) < 4.78 is 0. The largest absolute Gasteiger partial charge is 0.141 e. The van der Waals surface area contributed by atoms with Crippen LogP contribution in [0.5, 0.6) is 0 Å². The highest BCUT2D eigenvalue weighted by Crippen LogP contribution is 2.52. The van der Waals surface area contributed by atoms with Crippen molar-refractivity contribution in [2.45, 2.75) is 194 Å². The van der Waals surface area contributed by atoms with Crippen LogP contribution in [-0.2, 0) is 11.8 Å². The standard InChI is InChI=1S/C32H67PS2/c1-3-5-7-9-11-13-15-17-19-21-23-25-27-29-31-33(34,35)32-30-28-26-24-22-20-18-16-14-12-10-8-6-4-2/h3-32H2,1-2H3,(H,34,35). The molecule has 0 aromatic carbocycles. The summed E-state index contributed by atoms with van der Waals surface area (Å²) in [6.07, 6.45) is 42.6. The van der Waals surface area contributed by atoms with E-state index in [0.29, 0.717) is 0 Å². The second kappa shape index (κ2) is 29.6. The molecule has 0 nitrogen and oxygen atoms in total. The van der Waals surface area contributed by atoms with Gasteiger partial charge in [-0.05, 0) is 25.2 Å². The monoisotopic (exact) mass is 546 g/mol. The van der Waals surface area contributed by atoms with Crippen molar-refractivity contribution in [2.75, 3.05) is 12.3 Å². The molecule has 0 saturated carbocycles. The van der Waals surface area contributed by atoms with Gasteiger partial charge in [-0.2, -0.15) is 0 Å². The Bertz CT molecular complexity index is 401. The van der Waals surface area contributed by atoms with E-state index >= 15 is 0 Å². The quantitative estimate of drug-likeness (QED) is 0.0531. The summed E-state index contributed by atoms with van der Waals surface area (Å²) in [7, 11) is 0. The van der Waals surface area contributed by atoms with Crippen molar-refractivity contribution in [3.63, 3.8) is 0 Å². The van der Waals surface area contributed by atoms with Crippen LogP contribution < -0.4 is 0 Å². The van der Waals surface area contributed by atoms with Gasteiger partial charge in [0.05, 0.1) is 0 Å². The highest BCUT2D eigenvalue weighted by molar-refractivity contribution is 8.63. The molecule has 0 aromatic rings. The lowest BCUT2D eigenvalue weighted by Gasteiger charge is -2.15. The zero-order valence-electron chi connectivity index (χ0n) is 24.5. The topological polar surface area (TPSA) is 0 Å². The van der Waals surface area contributed by atoms with Gasteiger partial charge < -0.3 is 0 Å². The summed E-state index contributed by atoms with van der Waals surface area (Å²) in [6, 6.07) is 0. The van der Waals surface area contributed by atoms with E-state index < -0.39 is 5.24 Å². The molecule has 0 radical (unpaired) electrons.